The first-order valence-electron chi connectivity index (χ1n) is 3.78. The second-order valence-electron chi connectivity index (χ2n) is 2.60. The second-order valence-corrected chi connectivity index (χ2v) is 3.47. The average molecular weight is 248 g/mol. The highest BCUT2D eigenvalue weighted by Crippen LogP contribution is 2.22. The summed E-state index contributed by atoms with van der Waals surface area (Å²) in [5.41, 5.74) is 5.43. The third-order valence-corrected chi connectivity index (χ3v) is 1.90. The van der Waals surface area contributed by atoms with Crippen LogP contribution >= 0.6 is 23.2 Å². The van der Waals surface area contributed by atoms with E-state index in [9.17, 15) is 4.79 Å². The number of halogens is 2. The van der Waals surface area contributed by atoms with Crippen LogP contribution in [0.5, 0.6) is 0 Å². The Bertz CT molecular complexity index is 400. The SMILES string of the molecule is N/C(=N/O)C(=O)Nc1cc(Cl)cc(Cl)c1. The van der Waals surface area contributed by atoms with Gasteiger partial charge in [0.25, 0.3) is 5.91 Å². The molecule has 4 N–H and O–H groups in total. The minimum absolute atomic E-state index is 0.365. The molecule has 0 heterocycles. The summed E-state index contributed by atoms with van der Waals surface area (Å²) in [6, 6.07) is 4.48. The molecule has 80 valence electrons. The first-order valence-corrected chi connectivity index (χ1v) is 4.53. The van der Waals surface area contributed by atoms with Gasteiger partial charge in [0, 0.05) is 15.7 Å². The van der Waals surface area contributed by atoms with E-state index < -0.39 is 11.7 Å². The van der Waals surface area contributed by atoms with Gasteiger partial charge in [0.1, 0.15) is 0 Å². The third-order valence-electron chi connectivity index (χ3n) is 1.46. The molecule has 0 radical (unpaired) electrons. The van der Waals surface area contributed by atoms with Crippen LogP contribution in [0.15, 0.2) is 23.4 Å². The van der Waals surface area contributed by atoms with E-state index >= 15 is 0 Å². The van der Waals surface area contributed by atoms with Crippen molar-refractivity contribution in [3.05, 3.63) is 28.2 Å². The Morgan fingerprint density at radius 1 is 1.33 bits per heavy atom. The highest BCUT2D eigenvalue weighted by Gasteiger charge is 2.08. The number of nitrogens with zero attached hydrogens (tertiary/aromatic N) is 1. The fourth-order valence-electron chi connectivity index (χ4n) is 0.867. The lowest BCUT2D eigenvalue weighted by Gasteiger charge is -2.04. The Hall–Kier alpha value is -1.46. The maximum absolute atomic E-state index is 11.2. The van der Waals surface area contributed by atoms with Crippen molar-refractivity contribution < 1.29 is 10.0 Å². The van der Waals surface area contributed by atoms with E-state index in [1.807, 2.05) is 0 Å². The van der Waals surface area contributed by atoms with Crippen molar-refractivity contribution >= 4 is 40.6 Å². The van der Waals surface area contributed by atoms with Crippen molar-refractivity contribution in [2.75, 3.05) is 5.32 Å². The number of oxime groups is 1. The van der Waals surface area contributed by atoms with E-state index in [1.54, 1.807) is 0 Å². The number of rotatable bonds is 1. The number of carbonyl (C=O) groups is 1. The van der Waals surface area contributed by atoms with Crippen molar-refractivity contribution in [3.8, 4) is 0 Å². The van der Waals surface area contributed by atoms with Crippen molar-refractivity contribution in [2.45, 2.75) is 0 Å². The van der Waals surface area contributed by atoms with Gasteiger partial charge in [-0.15, -0.1) is 0 Å². The molecule has 0 saturated carbocycles. The van der Waals surface area contributed by atoms with Crippen LogP contribution in [0.25, 0.3) is 0 Å². The molecule has 0 aliphatic heterocycles. The van der Waals surface area contributed by atoms with Gasteiger partial charge in [0.15, 0.2) is 0 Å². The Morgan fingerprint density at radius 2 is 1.87 bits per heavy atom. The molecule has 0 unspecified atom stereocenters. The maximum Gasteiger partial charge on any atom is 0.294 e. The molecule has 0 aliphatic rings. The van der Waals surface area contributed by atoms with E-state index in [2.05, 4.69) is 10.5 Å². The molecule has 1 rings (SSSR count). The lowest BCUT2D eigenvalue weighted by molar-refractivity contribution is -0.110. The van der Waals surface area contributed by atoms with Gasteiger partial charge in [-0.3, -0.25) is 4.79 Å². The molecular formula is C8H7Cl2N3O2. The predicted octanol–water partition coefficient (Wildman–Crippen LogP) is 1.68. The summed E-state index contributed by atoms with van der Waals surface area (Å²) in [7, 11) is 0. The zero-order valence-corrected chi connectivity index (χ0v) is 8.88. The van der Waals surface area contributed by atoms with E-state index in [1.165, 1.54) is 18.2 Å². The van der Waals surface area contributed by atoms with Crippen LogP contribution in [0.2, 0.25) is 10.0 Å². The number of carbonyl (C=O) groups excluding carboxylic acids is 1. The van der Waals surface area contributed by atoms with Crippen LogP contribution in [0.1, 0.15) is 0 Å². The Labute approximate surface area is 95.5 Å². The zero-order valence-electron chi connectivity index (χ0n) is 7.37. The van der Waals surface area contributed by atoms with Crippen LogP contribution in [0.3, 0.4) is 0 Å². The minimum Gasteiger partial charge on any atom is -0.409 e. The fraction of sp³-hybridized carbons (Fsp3) is 0. The van der Waals surface area contributed by atoms with E-state index in [0.717, 1.165) is 0 Å². The van der Waals surface area contributed by atoms with E-state index in [4.69, 9.17) is 34.1 Å². The Kier molecular flexibility index (Phi) is 3.76. The van der Waals surface area contributed by atoms with Gasteiger partial charge in [-0.05, 0) is 18.2 Å². The number of amidine groups is 1. The standard InChI is InChI=1S/C8H7Cl2N3O2/c9-4-1-5(10)3-6(2-4)12-8(14)7(11)13-15/h1-3,15H,(H2,11,13)(H,12,14). The third kappa shape index (κ3) is 3.30. The molecule has 0 spiro atoms. The van der Waals surface area contributed by atoms with Crippen LogP contribution in [-0.2, 0) is 4.79 Å². The van der Waals surface area contributed by atoms with Gasteiger partial charge in [0.05, 0.1) is 0 Å². The van der Waals surface area contributed by atoms with E-state index in [-0.39, 0.29) is 0 Å². The van der Waals surface area contributed by atoms with Crippen LogP contribution in [0, 0.1) is 0 Å². The topological polar surface area (TPSA) is 87.7 Å². The van der Waals surface area contributed by atoms with Crippen LogP contribution < -0.4 is 11.1 Å². The van der Waals surface area contributed by atoms with Crippen molar-refractivity contribution in [1.82, 2.24) is 0 Å². The molecule has 0 saturated heterocycles. The summed E-state index contributed by atoms with van der Waals surface area (Å²) in [6.07, 6.45) is 0. The summed E-state index contributed by atoms with van der Waals surface area (Å²) in [4.78, 5) is 11.2. The van der Waals surface area contributed by atoms with Crippen molar-refractivity contribution in [1.29, 1.82) is 0 Å². The molecular weight excluding hydrogens is 241 g/mol. The first-order chi connectivity index (χ1) is 7.02. The van der Waals surface area contributed by atoms with Crippen LogP contribution in [0.4, 0.5) is 5.69 Å². The normalized spacial score (nSPS) is 11.2. The molecule has 7 heteroatoms. The summed E-state index contributed by atoms with van der Waals surface area (Å²) >= 11 is 11.4. The zero-order chi connectivity index (χ0) is 11.4. The average Bonchev–Trinajstić information content (AvgIpc) is 2.14. The lowest BCUT2D eigenvalue weighted by Crippen LogP contribution is -2.30. The lowest BCUT2D eigenvalue weighted by atomic mass is 10.3. The summed E-state index contributed by atoms with van der Waals surface area (Å²) in [6.45, 7) is 0. The number of benzene rings is 1. The number of nitrogens with one attached hydrogen (secondary N) is 1. The number of hydrogen-bond acceptors (Lipinski definition) is 3. The van der Waals surface area contributed by atoms with Gasteiger partial charge in [-0.25, -0.2) is 0 Å². The highest BCUT2D eigenvalue weighted by atomic mass is 35.5. The maximum atomic E-state index is 11.2. The summed E-state index contributed by atoms with van der Waals surface area (Å²) < 4.78 is 0. The predicted molar refractivity (Wildman–Crippen MR) is 58.5 cm³/mol. The molecule has 0 bridgehead atoms. The van der Waals surface area contributed by atoms with Gasteiger partial charge in [-0.2, -0.15) is 0 Å². The number of nitrogens with two attached hydrogens (primary N) is 1. The van der Waals surface area contributed by atoms with Gasteiger partial charge >= 0.3 is 0 Å². The molecule has 0 fully saturated rings. The molecule has 1 aromatic carbocycles. The number of hydrogen-bond donors (Lipinski definition) is 3. The molecule has 5 nitrogen and oxygen atoms in total. The van der Waals surface area contributed by atoms with Gasteiger partial charge in [0.2, 0.25) is 5.84 Å². The molecule has 15 heavy (non-hydrogen) atoms. The van der Waals surface area contributed by atoms with Gasteiger partial charge < -0.3 is 16.3 Å². The second kappa shape index (κ2) is 4.86. The van der Waals surface area contributed by atoms with Crippen molar-refractivity contribution in [2.24, 2.45) is 10.9 Å². The Morgan fingerprint density at radius 3 is 2.33 bits per heavy atom. The van der Waals surface area contributed by atoms with Crippen molar-refractivity contribution in [3.63, 3.8) is 0 Å². The summed E-state index contributed by atoms with van der Waals surface area (Å²) in [5, 5.41) is 13.9. The molecule has 1 aromatic rings. The number of amides is 1. The fourth-order valence-corrected chi connectivity index (χ4v) is 1.39. The molecule has 0 aliphatic carbocycles. The summed E-state index contributed by atoms with van der Waals surface area (Å²) in [5.74, 6) is -1.29. The number of anilines is 1. The smallest absolute Gasteiger partial charge is 0.294 e. The monoisotopic (exact) mass is 247 g/mol. The highest BCUT2D eigenvalue weighted by molar-refractivity contribution is 6.41. The molecule has 0 aromatic heterocycles. The Balaban J connectivity index is 2.86. The molecule has 1 amide bonds. The molecule has 0 atom stereocenters. The minimum atomic E-state index is -0.740. The first kappa shape index (κ1) is 11.6. The quantitative estimate of drug-likeness (QED) is 0.306. The van der Waals surface area contributed by atoms with Gasteiger partial charge in [-0.1, -0.05) is 28.4 Å². The van der Waals surface area contributed by atoms with Crippen LogP contribution in [-0.4, -0.2) is 17.0 Å². The largest absolute Gasteiger partial charge is 0.409 e. The van der Waals surface area contributed by atoms with E-state index in [0.29, 0.717) is 15.7 Å².